The molecule has 0 saturated heterocycles. The van der Waals surface area contributed by atoms with Crippen LogP contribution < -0.4 is 5.73 Å². The van der Waals surface area contributed by atoms with Gasteiger partial charge in [-0.1, -0.05) is 0 Å². The number of carbonyl (C=O) groups is 2. The third-order valence-corrected chi connectivity index (χ3v) is 2.30. The van der Waals surface area contributed by atoms with Crippen molar-refractivity contribution >= 4 is 11.8 Å². The van der Waals surface area contributed by atoms with Gasteiger partial charge in [-0.15, -0.1) is 0 Å². The van der Waals surface area contributed by atoms with E-state index in [9.17, 15) is 9.59 Å². The van der Waals surface area contributed by atoms with E-state index in [2.05, 4.69) is 4.98 Å². The molecule has 0 bridgehead atoms. The molecule has 0 fully saturated rings. The van der Waals surface area contributed by atoms with Crippen LogP contribution in [0.1, 0.15) is 12.5 Å². The fourth-order valence-electron chi connectivity index (χ4n) is 1.37. The fraction of sp³-hybridized carbons (Fsp3) is 0.364. The Morgan fingerprint density at radius 1 is 1.38 bits per heavy atom. The average Bonchev–Trinajstić information content (AvgIpc) is 2.30. The Hall–Kier alpha value is -1.91. The molecule has 1 heterocycles. The maximum atomic E-state index is 11.3. The highest BCUT2D eigenvalue weighted by molar-refractivity contribution is 6.34. The molecule has 0 atom stereocenters. The molecule has 5 nitrogen and oxygen atoms in total. The van der Waals surface area contributed by atoms with Gasteiger partial charge < -0.3 is 10.6 Å². The molecule has 1 aromatic heterocycles. The molecule has 2 N–H and O–H groups in total. The third kappa shape index (κ3) is 3.34. The van der Waals surface area contributed by atoms with Crippen LogP contribution in [-0.2, 0) is 16.0 Å². The lowest BCUT2D eigenvalue weighted by molar-refractivity contribution is -0.144. The molecule has 0 aliphatic carbocycles. The van der Waals surface area contributed by atoms with Crippen molar-refractivity contribution in [1.29, 1.82) is 0 Å². The van der Waals surface area contributed by atoms with E-state index in [-0.39, 0.29) is 0 Å². The lowest BCUT2D eigenvalue weighted by Crippen LogP contribution is -2.41. The third-order valence-electron chi connectivity index (χ3n) is 2.30. The molecule has 2 amide bonds. The van der Waals surface area contributed by atoms with Crippen molar-refractivity contribution in [3.63, 3.8) is 0 Å². The standard InChI is InChI=1S/C11H15N3O2/c1-2-14(11(16)10(12)15)8-5-9-3-6-13-7-4-9/h3-4,6-7H,2,5,8H2,1H3,(H2,12,15). The van der Waals surface area contributed by atoms with Crippen LogP contribution in [0.4, 0.5) is 0 Å². The van der Waals surface area contributed by atoms with Crippen molar-refractivity contribution in [3.8, 4) is 0 Å². The normalized spacial score (nSPS) is 9.81. The minimum atomic E-state index is -0.906. The first-order valence-corrected chi connectivity index (χ1v) is 5.12. The van der Waals surface area contributed by atoms with Crippen molar-refractivity contribution < 1.29 is 9.59 Å². The van der Waals surface area contributed by atoms with Crippen LogP contribution in [-0.4, -0.2) is 34.8 Å². The van der Waals surface area contributed by atoms with Gasteiger partial charge in [-0.25, -0.2) is 0 Å². The molecule has 1 rings (SSSR count). The summed E-state index contributed by atoms with van der Waals surface area (Å²) in [6.45, 7) is 2.78. The molecule has 0 unspecified atom stereocenters. The summed E-state index contributed by atoms with van der Waals surface area (Å²) in [6, 6.07) is 3.76. The molecule has 0 aliphatic heterocycles. The maximum Gasteiger partial charge on any atom is 0.311 e. The number of amides is 2. The van der Waals surface area contributed by atoms with E-state index in [1.54, 1.807) is 12.4 Å². The molecule has 0 saturated carbocycles. The fourth-order valence-corrected chi connectivity index (χ4v) is 1.37. The van der Waals surface area contributed by atoms with Crippen LogP contribution in [0.15, 0.2) is 24.5 Å². The predicted molar refractivity (Wildman–Crippen MR) is 59.4 cm³/mol. The summed E-state index contributed by atoms with van der Waals surface area (Å²) >= 11 is 0. The van der Waals surface area contributed by atoms with Gasteiger partial charge in [-0.2, -0.15) is 0 Å². The smallest absolute Gasteiger partial charge is 0.311 e. The molecule has 1 aromatic rings. The van der Waals surface area contributed by atoms with Gasteiger partial charge in [-0.3, -0.25) is 14.6 Å². The van der Waals surface area contributed by atoms with Crippen LogP contribution in [0.3, 0.4) is 0 Å². The first-order chi connectivity index (χ1) is 7.65. The van der Waals surface area contributed by atoms with Crippen molar-refractivity contribution in [3.05, 3.63) is 30.1 Å². The Bertz CT molecular complexity index is 365. The summed E-state index contributed by atoms with van der Waals surface area (Å²) in [7, 11) is 0. The minimum absolute atomic E-state index is 0.479. The highest BCUT2D eigenvalue weighted by atomic mass is 16.2. The average molecular weight is 221 g/mol. The first kappa shape index (κ1) is 12.2. The number of nitrogens with two attached hydrogens (primary N) is 1. The minimum Gasteiger partial charge on any atom is -0.361 e. The second-order valence-corrected chi connectivity index (χ2v) is 3.35. The number of primary amides is 1. The second kappa shape index (κ2) is 5.85. The maximum absolute atomic E-state index is 11.3. The predicted octanol–water partition coefficient (Wildman–Crippen LogP) is -0.0421. The van der Waals surface area contributed by atoms with Gasteiger partial charge in [-0.05, 0) is 31.0 Å². The summed E-state index contributed by atoms with van der Waals surface area (Å²) in [5.41, 5.74) is 6.02. The van der Waals surface area contributed by atoms with E-state index in [4.69, 9.17) is 5.73 Å². The van der Waals surface area contributed by atoms with E-state index in [0.29, 0.717) is 19.5 Å². The van der Waals surface area contributed by atoms with E-state index < -0.39 is 11.8 Å². The lowest BCUT2D eigenvalue weighted by atomic mass is 10.2. The van der Waals surface area contributed by atoms with Crippen molar-refractivity contribution in [2.24, 2.45) is 5.73 Å². The zero-order chi connectivity index (χ0) is 12.0. The monoisotopic (exact) mass is 221 g/mol. The van der Waals surface area contributed by atoms with Gasteiger partial charge in [0.05, 0.1) is 0 Å². The zero-order valence-electron chi connectivity index (χ0n) is 9.22. The first-order valence-electron chi connectivity index (χ1n) is 5.12. The second-order valence-electron chi connectivity index (χ2n) is 3.35. The Balaban J connectivity index is 2.52. The highest BCUT2D eigenvalue weighted by Gasteiger charge is 2.16. The molecule has 5 heteroatoms. The van der Waals surface area contributed by atoms with Gasteiger partial charge in [0.2, 0.25) is 0 Å². The number of pyridine rings is 1. The number of likely N-dealkylation sites (N-methyl/N-ethyl adjacent to an activating group) is 1. The summed E-state index contributed by atoms with van der Waals surface area (Å²) in [6.07, 6.45) is 4.08. The van der Waals surface area contributed by atoms with E-state index >= 15 is 0 Å². The largest absolute Gasteiger partial charge is 0.361 e. The molecule has 0 aliphatic rings. The molecule has 0 spiro atoms. The van der Waals surface area contributed by atoms with Crippen molar-refractivity contribution in [1.82, 2.24) is 9.88 Å². The molecular formula is C11H15N3O2. The summed E-state index contributed by atoms with van der Waals surface area (Å²) in [5, 5.41) is 0. The number of rotatable bonds is 4. The number of nitrogens with zero attached hydrogens (tertiary/aromatic N) is 2. The number of aromatic nitrogens is 1. The molecule has 0 radical (unpaired) electrons. The summed E-state index contributed by atoms with van der Waals surface area (Å²) in [4.78, 5) is 27.4. The van der Waals surface area contributed by atoms with E-state index in [1.165, 1.54) is 4.90 Å². The van der Waals surface area contributed by atoms with E-state index in [0.717, 1.165) is 5.56 Å². The number of carbonyl (C=O) groups excluding carboxylic acids is 2. The van der Waals surface area contributed by atoms with Crippen LogP contribution in [0.25, 0.3) is 0 Å². The Morgan fingerprint density at radius 3 is 2.50 bits per heavy atom. The molecular weight excluding hydrogens is 206 g/mol. The van der Waals surface area contributed by atoms with Crippen LogP contribution in [0, 0.1) is 0 Å². The van der Waals surface area contributed by atoms with Crippen molar-refractivity contribution in [2.45, 2.75) is 13.3 Å². The highest BCUT2D eigenvalue weighted by Crippen LogP contribution is 2.00. The van der Waals surface area contributed by atoms with Gasteiger partial charge in [0.25, 0.3) is 0 Å². The summed E-state index contributed by atoms with van der Waals surface area (Å²) < 4.78 is 0. The molecule has 16 heavy (non-hydrogen) atoms. The number of hydrogen-bond donors (Lipinski definition) is 1. The Labute approximate surface area is 94.3 Å². The van der Waals surface area contributed by atoms with Crippen LogP contribution >= 0.6 is 0 Å². The topological polar surface area (TPSA) is 76.3 Å². The van der Waals surface area contributed by atoms with Gasteiger partial charge in [0, 0.05) is 25.5 Å². The SMILES string of the molecule is CCN(CCc1ccncc1)C(=O)C(N)=O. The Kier molecular flexibility index (Phi) is 4.44. The van der Waals surface area contributed by atoms with Gasteiger partial charge in [0.1, 0.15) is 0 Å². The molecule has 86 valence electrons. The lowest BCUT2D eigenvalue weighted by Gasteiger charge is -2.18. The van der Waals surface area contributed by atoms with Gasteiger partial charge in [0.15, 0.2) is 0 Å². The van der Waals surface area contributed by atoms with Crippen LogP contribution in [0.2, 0.25) is 0 Å². The van der Waals surface area contributed by atoms with Gasteiger partial charge >= 0.3 is 11.8 Å². The number of hydrogen-bond acceptors (Lipinski definition) is 3. The summed E-state index contributed by atoms with van der Waals surface area (Å²) in [5.74, 6) is -1.53. The van der Waals surface area contributed by atoms with Crippen LogP contribution in [0.5, 0.6) is 0 Å². The Morgan fingerprint density at radius 2 is 2.00 bits per heavy atom. The molecule has 0 aromatic carbocycles. The van der Waals surface area contributed by atoms with E-state index in [1.807, 2.05) is 19.1 Å². The quantitative estimate of drug-likeness (QED) is 0.725. The van der Waals surface area contributed by atoms with Crippen molar-refractivity contribution in [2.75, 3.05) is 13.1 Å². The zero-order valence-corrected chi connectivity index (χ0v) is 9.22.